The van der Waals surface area contributed by atoms with Gasteiger partial charge >= 0.3 is 12.1 Å². The third kappa shape index (κ3) is 7.72. The highest BCUT2D eigenvalue weighted by Crippen LogP contribution is 2.30. The first-order valence-corrected chi connectivity index (χ1v) is 14.8. The molecule has 4 rings (SSSR count). The van der Waals surface area contributed by atoms with E-state index in [-0.39, 0.29) is 36.9 Å². The van der Waals surface area contributed by atoms with Gasteiger partial charge in [-0.15, -0.1) is 0 Å². The lowest BCUT2D eigenvalue weighted by Gasteiger charge is -2.34. The number of carbonyl (C=O) groups is 3. The Balaban J connectivity index is 1.54. The van der Waals surface area contributed by atoms with Crippen molar-refractivity contribution in [3.63, 3.8) is 0 Å². The number of aromatic nitrogens is 1. The SMILES string of the molecule is Cc1noc(C)c1NC(=O)Nc1ccc2c(c1)CC(=O)N([C@H](C)CO)C[C@@H](C)[C@H](CN(C)C(=O)NC1CCCCC1)O2. The Kier molecular flexibility index (Phi) is 10.3. The molecule has 1 aromatic carbocycles. The monoisotopic (exact) mass is 584 g/mol. The highest BCUT2D eigenvalue weighted by Gasteiger charge is 2.32. The van der Waals surface area contributed by atoms with E-state index in [1.807, 2.05) is 6.92 Å². The summed E-state index contributed by atoms with van der Waals surface area (Å²) in [6.45, 7) is 7.74. The van der Waals surface area contributed by atoms with Gasteiger partial charge in [-0.1, -0.05) is 31.3 Å². The van der Waals surface area contributed by atoms with Crippen LogP contribution >= 0.6 is 0 Å². The van der Waals surface area contributed by atoms with Crippen LogP contribution in [-0.4, -0.2) is 83.0 Å². The predicted octanol–water partition coefficient (Wildman–Crippen LogP) is 4.06. The zero-order chi connectivity index (χ0) is 30.4. The molecule has 230 valence electrons. The van der Waals surface area contributed by atoms with Gasteiger partial charge in [-0.2, -0.15) is 0 Å². The maximum Gasteiger partial charge on any atom is 0.323 e. The molecule has 2 aliphatic rings. The molecule has 3 atom stereocenters. The van der Waals surface area contributed by atoms with Crippen LogP contribution in [0.3, 0.4) is 0 Å². The van der Waals surface area contributed by atoms with E-state index in [1.165, 1.54) is 6.42 Å². The number of amides is 5. The highest BCUT2D eigenvalue weighted by atomic mass is 16.5. The minimum absolute atomic E-state index is 0.0259. The Morgan fingerprint density at radius 3 is 2.60 bits per heavy atom. The fourth-order valence-corrected chi connectivity index (χ4v) is 5.55. The van der Waals surface area contributed by atoms with Crippen LogP contribution in [0.1, 0.15) is 63.0 Å². The Morgan fingerprint density at radius 2 is 1.93 bits per heavy atom. The molecule has 1 fully saturated rings. The van der Waals surface area contributed by atoms with Gasteiger partial charge in [0.1, 0.15) is 23.2 Å². The minimum atomic E-state index is -0.479. The number of nitrogens with one attached hydrogen (secondary N) is 3. The molecule has 12 nitrogen and oxygen atoms in total. The molecular weight excluding hydrogens is 540 g/mol. The number of likely N-dealkylation sites (N-methyl/N-ethyl adjacent to an activating group) is 1. The van der Waals surface area contributed by atoms with Crippen molar-refractivity contribution in [1.82, 2.24) is 20.3 Å². The summed E-state index contributed by atoms with van der Waals surface area (Å²) in [7, 11) is 1.76. The van der Waals surface area contributed by atoms with Gasteiger partial charge in [0.2, 0.25) is 5.91 Å². The first kappa shape index (κ1) is 31.1. The molecule has 2 aromatic rings. The summed E-state index contributed by atoms with van der Waals surface area (Å²) in [5, 5.41) is 22.4. The second-order valence-electron chi connectivity index (χ2n) is 11.7. The highest BCUT2D eigenvalue weighted by molar-refractivity contribution is 6.00. The maximum atomic E-state index is 13.5. The van der Waals surface area contributed by atoms with E-state index in [1.54, 1.807) is 55.8 Å². The van der Waals surface area contributed by atoms with E-state index in [4.69, 9.17) is 9.26 Å². The first-order chi connectivity index (χ1) is 20.0. The molecule has 1 aliphatic heterocycles. The summed E-state index contributed by atoms with van der Waals surface area (Å²) in [6, 6.07) is 4.34. The smallest absolute Gasteiger partial charge is 0.323 e. The Bertz CT molecular complexity index is 1240. The summed E-state index contributed by atoms with van der Waals surface area (Å²) in [5.74, 6) is 0.704. The van der Waals surface area contributed by atoms with Crippen LogP contribution in [0.15, 0.2) is 22.7 Å². The topological polar surface area (TPSA) is 149 Å². The van der Waals surface area contributed by atoms with Crippen molar-refractivity contribution in [3.05, 3.63) is 35.2 Å². The molecule has 0 radical (unpaired) electrons. The molecule has 5 amide bonds. The van der Waals surface area contributed by atoms with Gasteiger partial charge in [-0.25, -0.2) is 9.59 Å². The second-order valence-corrected chi connectivity index (χ2v) is 11.7. The maximum absolute atomic E-state index is 13.5. The average Bonchev–Trinajstić information content (AvgIpc) is 3.29. The van der Waals surface area contributed by atoms with Gasteiger partial charge in [0, 0.05) is 36.8 Å². The zero-order valence-electron chi connectivity index (χ0n) is 25.2. The summed E-state index contributed by atoms with van der Waals surface area (Å²) in [5.41, 5.74) is 2.13. The molecule has 1 aromatic heterocycles. The van der Waals surface area contributed by atoms with Crippen LogP contribution in [0.4, 0.5) is 21.0 Å². The number of benzene rings is 1. The quantitative estimate of drug-likeness (QED) is 0.383. The fraction of sp³-hybridized carbons (Fsp3) is 0.600. The standard InChI is InChI=1S/C30H44N6O6/c1-18-15-36(19(2)17-37)27(38)14-22-13-24(31-29(39)33-28-20(3)34-42-21(28)4)11-12-25(22)41-26(18)16-35(5)30(40)32-23-9-7-6-8-10-23/h11-13,18-19,23,26,37H,6-10,14-17H2,1-5H3,(H,32,40)(H2,31,33,39)/t18-,19-,26+/m1/s1. The lowest BCUT2D eigenvalue weighted by atomic mass is 9.96. The van der Waals surface area contributed by atoms with Crippen molar-refractivity contribution >= 4 is 29.3 Å². The van der Waals surface area contributed by atoms with Gasteiger partial charge in [0.05, 0.1) is 25.6 Å². The van der Waals surface area contributed by atoms with E-state index in [9.17, 15) is 19.5 Å². The third-order valence-corrected chi connectivity index (χ3v) is 8.18. The van der Waals surface area contributed by atoms with Crippen LogP contribution in [0, 0.1) is 19.8 Å². The van der Waals surface area contributed by atoms with Crippen LogP contribution in [0.5, 0.6) is 5.75 Å². The summed E-state index contributed by atoms with van der Waals surface area (Å²) in [6.07, 6.45) is 5.04. The number of fused-ring (bicyclic) bond motifs is 1. The number of ether oxygens (including phenoxy) is 1. The van der Waals surface area contributed by atoms with Crippen LogP contribution in [-0.2, 0) is 11.2 Å². The zero-order valence-corrected chi connectivity index (χ0v) is 25.2. The first-order valence-electron chi connectivity index (χ1n) is 14.8. The summed E-state index contributed by atoms with van der Waals surface area (Å²) >= 11 is 0. The van der Waals surface area contributed by atoms with Crippen molar-refractivity contribution in [2.75, 3.05) is 37.4 Å². The normalized spacial score (nSPS) is 20.3. The number of carbonyl (C=O) groups excluding carboxylic acids is 3. The van der Waals surface area contributed by atoms with Crippen LogP contribution < -0.4 is 20.7 Å². The Hall–Kier alpha value is -3.80. The lowest BCUT2D eigenvalue weighted by molar-refractivity contribution is -0.134. The third-order valence-electron chi connectivity index (χ3n) is 8.18. The summed E-state index contributed by atoms with van der Waals surface area (Å²) < 4.78 is 11.6. The number of aliphatic hydroxyl groups is 1. The second kappa shape index (κ2) is 13.9. The van der Waals surface area contributed by atoms with E-state index in [2.05, 4.69) is 21.1 Å². The molecule has 4 N–H and O–H groups in total. The van der Waals surface area contributed by atoms with Gasteiger partial charge < -0.3 is 40.1 Å². The van der Waals surface area contributed by atoms with E-state index in [0.29, 0.717) is 47.2 Å². The summed E-state index contributed by atoms with van der Waals surface area (Å²) in [4.78, 5) is 42.6. The van der Waals surface area contributed by atoms with Crippen LogP contribution in [0.2, 0.25) is 0 Å². The number of nitrogens with zero attached hydrogens (tertiary/aromatic N) is 3. The lowest BCUT2D eigenvalue weighted by Crippen LogP contribution is -2.50. The van der Waals surface area contributed by atoms with Gasteiger partial charge in [-0.05, 0) is 51.8 Å². The molecule has 0 saturated heterocycles. The predicted molar refractivity (Wildman–Crippen MR) is 159 cm³/mol. The van der Waals surface area contributed by atoms with E-state index < -0.39 is 18.2 Å². The van der Waals surface area contributed by atoms with Crippen molar-refractivity contribution in [1.29, 1.82) is 0 Å². The number of anilines is 2. The number of hydrogen-bond acceptors (Lipinski definition) is 7. The number of rotatable bonds is 7. The van der Waals surface area contributed by atoms with Crippen LogP contribution in [0.25, 0.3) is 0 Å². The number of hydrogen-bond donors (Lipinski definition) is 4. The number of aliphatic hydroxyl groups excluding tert-OH is 1. The van der Waals surface area contributed by atoms with Crippen molar-refractivity contribution in [2.24, 2.45) is 5.92 Å². The average molecular weight is 585 g/mol. The molecule has 2 heterocycles. The largest absolute Gasteiger partial charge is 0.488 e. The molecule has 0 bridgehead atoms. The fourth-order valence-electron chi connectivity index (χ4n) is 5.55. The Labute approximate surface area is 247 Å². The molecule has 1 aliphatic carbocycles. The minimum Gasteiger partial charge on any atom is -0.488 e. The number of aryl methyl sites for hydroxylation is 2. The molecule has 12 heteroatoms. The Morgan fingerprint density at radius 1 is 1.19 bits per heavy atom. The van der Waals surface area contributed by atoms with Gasteiger partial charge in [-0.3, -0.25) is 4.79 Å². The molecular formula is C30H44N6O6. The van der Waals surface area contributed by atoms with Crippen molar-refractivity contribution in [2.45, 2.75) is 84.4 Å². The molecule has 0 unspecified atom stereocenters. The molecule has 42 heavy (non-hydrogen) atoms. The van der Waals surface area contributed by atoms with Crippen molar-refractivity contribution in [3.8, 4) is 5.75 Å². The van der Waals surface area contributed by atoms with E-state index in [0.717, 1.165) is 25.7 Å². The van der Waals surface area contributed by atoms with Gasteiger partial charge in [0.15, 0.2) is 5.76 Å². The molecule has 1 saturated carbocycles. The van der Waals surface area contributed by atoms with Gasteiger partial charge in [0.25, 0.3) is 0 Å². The van der Waals surface area contributed by atoms with E-state index >= 15 is 0 Å². The van der Waals surface area contributed by atoms with Crippen molar-refractivity contribution < 1.29 is 28.8 Å². The number of urea groups is 2. The molecule has 0 spiro atoms.